The molecule has 4 rings (SSSR count). The van der Waals surface area contributed by atoms with Crippen molar-refractivity contribution in [1.29, 1.82) is 0 Å². The fourth-order valence-corrected chi connectivity index (χ4v) is 3.37. The van der Waals surface area contributed by atoms with Gasteiger partial charge in [-0.1, -0.05) is 48.6 Å². The van der Waals surface area contributed by atoms with Crippen LogP contribution in [0.3, 0.4) is 0 Å². The minimum Gasteiger partial charge on any atom is -0.370 e. The molecule has 1 N–H and O–H groups in total. The number of fused-ring (bicyclic) bond motifs is 2. The molecule has 24 heavy (non-hydrogen) atoms. The third-order valence-corrected chi connectivity index (χ3v) is 4.65. The van der Waals surface area contributed by atoms with Gasteiger partial charge in [0, 0.05) is 0 Å². The molecule has 4 nitrogen and oxygen atoms in total. The van der Waals surface area contributed by atoms with Crippen molar-refractivity contribution >= 4 is 29.4 Å². The zero-order valence-corrected chi connectivity index (χ0v) is 13.6. The first kappa shape index (κ1) is 15.1. The standard InChI is InChI=1S/C20H20N2O2/c23-20(15-21-11-13-24-14-12-21)22-18-7-3-1-5-16(18)9-10-17-6-2-4-8-19(17)22/h1-10H,11-15H2/p+1. The molecule has 1 fully saturated rings. The second kappa shape index (κ2) is 6.59. The van der Waals surface area contributed by atoms with Gasteiger partial charge in [-0.3, -0.25) is 9.69 Å². The van der Waals surface area contributed by atoms with Gasteiger partial charge in [0.25, 0.3) is 5.91 Å². The topological polar surface area (TPSA) is 34.0 Å². The van der Waals surface area contributed by atoms with E-state index in [1.165, 1.54) is 4.90 Å². The van der Waals surface area contributed by atoms with E-state index in [2.05, 4.69) is 24.3 Å². The van der Waals surface area contributed by atoms with Crippen LogP contribution >= 0.6 is 0 Å². The Morgan fingerprint density at radius 1 is 0.917 bits per heavy atom. The fraction of sp³-hybridized carbons (Fsp3) is 0.250. The first-order valence-electron chi connectivity index (χ1n) is 8.43. The molecule has 0 bridgehead atoms. The lowest BCUT2D eigenvalue weighted by atomic mass is 10.1. The summed E-state index contributed by atoms with van der Waals surface area (Å²) in [6.07, 6.45) is 4.17. The zero-order valence-electron chi connectivity index (χ0n) is 13.6. The van der Waals surface area contributed by atoms with Gasteiger partial charge in [0.15, 0.2) is 6.54 Å². The zero-order chi connectivity index (χ0) is 16.4. The average Bonchev–Trinajstić information content (AvgIpc) is 2.79. The highest BCUT2D eigenvalue weighted by molar-refractivity contribution is 6.06. The number of ether oxygens (including phenoxy) is 1. The Morgan fingerprint density at radius 2 is 1.46 bits per heavy atom. The van der Waals surface area contributed by atoms with Crippen LogP contribution in [0, 0.1) is 0 Å². The first-order chi connectivity index (χ1) is 11.8. The van der Waals surface area contributed by atoms with Gasteiger partial charge < -0.3 is 9.64 Å². The summed E-state index contributed by atoms with van der Waals surface area (Å²) in [5, 5.41) is 0. The quantitative estimate of drug-likeness (QED) is 0.914. The van der Waals surface area contributed by atoms with E-state index < -0.39 is 0 Å². The largest absolute Gasteiger partial charge is 0.370 e. The molecule has 122 valence electrons. The summed E-state index contributed by atoms with van der Waals surface area (Å²) in [7, 11) is 0. The van der Waals surface area contributed by atoms with Gasteiger partial charge in [0.2, 0.25) is 0 Å². The summed E-state index contributed by atoms with van der Waals surface area (Å²) >= 11 is 0. The summed E-state index contributed by atoms with van der Waals surface area (Å²) < 4.78 is 5.40. The van der Waals surface area contributed by atoms with Crippen molar-refractivity contribution < 1.29 is 14.4 Å². The van der Waals surface area contributed by atoms with Crippen LogP contribution in [-0.2, 0) is 9.53 Å². The minimum absolute atomic E-state index is 0.135. The van der Waals surface area contributed by atoms with Crippen molar-refractivity contribution in [3.8, 4) is 0 Å². The van der Waals surface area contributed by atoms with Crippen molar-refractivity contribution in [3.05, 3.63) is 59.7 Å². The van der Waals surface area contributed by atoms with Crippen molar-refractivity contribution in [1.82, 2.24) is 0 Å². The van der Waals surface area contributed by atoms with Crippen LogP contribution in [0.25, 0.3) is 12.2 Å². The van der Waals surface area contributed by atoms with E-state index in [0.29, 0.717) is 6.54 Å². The Morgan fingerprint density at radius 3 is 2.04 bits per heavy atom. The number of carbonyl (C=O) groups is 1. The number of nitrogens with one attached hydrogen (secondary N) is 1. The maximum atomic E-state index is 13.2. The molecule has 0 atom stereocenters. The highest BCUT2D eigenvalue weighted by Gasteiger charge is 2.27. The SMILES string of the molecule is O=C(C[NH+]1CCOCC1)N1c2ccccc2C=Cc2ccccc21. The molecule has 2 aromatic carbocycles. The summed E-state index contributed by atoms with van der Waals surface area (Å²) in [6.45, 7) is 3.74. The Bertz CT molecular complexity index is 729. The van der Waals surface area contributed by atoms with Gasteiger partial charge in [0.1, 0.15) is 13.1 Å². The second-order valence-corrected chi connectivity index (χ2v) is 6.22. The maximum Gasteiger partial charge on any atom is 0.286 e. The lowest BCUT2D eigenvalue weighted by Crippen LogP contribution is -3.15. The van der Waals surface area contributed by atoms with E-state index in [-0.39, 0.29) is 5.91 Å². The smallest absolute Gasteiger partial charge is 0.286 e. The van der Waals surface area contributed by atoms with Gasteiger partial charge >= 0.3 is 0 Å². The lowest BCUT2D eigenvalue weighted by Gasteiger charge is -2.28. The van der Waals surface area contributed by atoms with Crippen LogP contribution in [0.15, 0.2) is 48.5 Å². The van der Waals surface area contributed by atoms with Crippen LogP contribution in [0.2, 0.25) is 0 Å². The highest BCUT2D eigenvalue weighted by Crippen LogP contribution is 2.35. The third kappa shape index (κ3) is 2.86. The number of morpholine rings is 1. The number of benzene rings is 2. The summed E-state index contributed by atoms with van der Waals surface area (Å²) in [4.78, 5) is 16.4. The molecular formula is C20H21N2O2+. The van der Waals surface area contributed by atoms with Crippen LogP contribution in [0.4, 0.5) is 11.4 Å². The molecular weight excluding hydrogens is 300 g/mol. The number of carbonyl (C=O) groups excluding carboxylic acids is 1. The number of para-hydroxylation sites is 2. The summed E-state index contributed by atoms with van der Waals surface area (Å²) in [5.74, 6) is 0.135. The van der Waals surface area contributed by atoms with E-state index in [1.807, 2.05) is 41.3 Å². The van der Waals surface area contributed by atoms with Crippen LogP contribution in [0.5, 0.6) is 0 Å². The highest BCUT2D eigenvalue weighted by atomic mass is 16.5. The molecule has 1 saturated heterocycles. The van der Waals surface area contributed by atoms with Gasteiger partial charge in [-0.15, -0.1) is 0 Å². The van der Waals surface area contributed by atoms with Crippen LogP contribution in [-0.4, -0.2) is 38.8 Å². The van der Waals surface area contributed by atoms with Crippen LogP contribution in [0.1, 0.15) is 11.1 Å². The predicted octanol–water partition coefficient (Wildman–Crippen LogP) is 1.75. The molecule has 0 aromatic heterocycles. The average molecular weight is 321 g/mol. The Hall–Kier alpha value is -2.43. The number of amides is 1. The number of quaternary nitrogens is 1. The molecule has 2 heterocycles. The summed E-state index contributed by atoms with van der Waals surface area (Å²) in [6, 6.07) is 16.1. The van der Waals surface area contributed by atoms with Gasteiger partial charge in [0.05, 0.1) is 24.6 Å². The number of nitrogens with zero attached hydrogens (tertiary/aromatic N) is 1. The number of hydrogen-bond donors (Lipinski definition) is 1. The van der Waals surface area contributed by atoms with Crippen LogP contribution < -0.4 is 9.80 Å². The van der Waals surface area contributed by atoms with E-state index in [9.17, 15) is 4.79 Å². The van der Waals surface area contributed by atoms with Gasteiger partial charge in [-0.25, -0.2) is 0 Å². The normalized spacial score (nSPS) is 17.1. The number of rotatable bonds is 2. The Balaban J connectivity index is 1.72. The van der Waals surface area contributed by atoms with Gasteiger partial charge in [-0.2, -0.15) is 0 Å². The number of anilines is 2. The van der Waals surface area contributed by atoms with E-state index >= 15 is 0 Å². The minimum atomic E-state index is 0.135. The Labute approximate surface area is 142 Å². The van der Waals surface area contributed by atoms with E-state index in [0.717, 1.165) is 48.8 Å². The molecule has 2 aliphatic rings. The molecule has 1 amide bonds. The third-order valence-electron chi connectivity index (χ3n) is 4.65. The van der Waals surface area contributed by atoms with Crippen molar-refractivity contribution in [2.24, 2.45) is 0 Å². The van der Waals surface area contributed by atoms with Crippen molar-refractivity contribution in [2.45, 2.75) is 0 Å². The summed E-state index contributed by atoms with van der Waals surface area (Å²) in [5.41, 5.74) is 4.05. The molecule has 2 aromatic rings. The molecule has 0 saturated carbocycles. The molecule has 2 aliphatic heterocycles. The maximum absolute atomic E-state index is 13.2. The molecule has 0 radical (unpaired) electrons. The van der Waals surface area contributed by atoms with Gasteiger partial charge in [-0.05, 0) is 23.3 Å². The lowest BCUT2D eigenvalue weighted by molar-refractivity contribution is -0.900. The monoisotopic (exact) mass is 321 g/mol. The van der Waals surface area contributed by atoms with E-state index in [4.69, 9.17) is 4.74 Å². The second-order valence-electron chi connectivity index (χ2n) is 6.22. The first-order valence-corrected chi connectivity index (χ1v) is 8.43. The Kier molecular flexibility index (Phi) is 4.15. The molecule has 0 unspecified atom stereocenters. The fourth-order valence-electron chi connectivity index (χ4n) is 3.37. The molecule has 4 heteroatoms. The molecule has 0 aliphatic carbocycles. The van der Waals surface area contributed by atoms with E-state index in [1.54, 1.807) is 0 Å². The van der Waals surface area contributed by atoms with Crippen molar-refractivity contribution in [3.63, 3.8) is 0 Å². The molecule has 0 spiro atoms. The van der Waals surface area contributed by atoms with Crippen molar-refractivity contribution in [2.75, 3.05) is 37.7 Å². The predicted molar refractivity (Wildman–Crippen MR) is 95.3 cm³/mol. The number of hydrogen-bond acceptors (Lipinski definition) is 2.